The maximum Gasteiger partial charge on any atom is 0.128 e. The first-order chi connectivity index (χ1) is 9.69. The fourth-order valence-corrected chi connectivity index (χ4v) is 3.57. The summed E-state index contributed by atoms with van der Waals surface area (Å²) in [4.78, 5) is 7.07. The highest BCUT2D eigenvalue weighted by atomic mass is 32.2. The topological polar surface area (TPSA) is 28.2 Å². The Morgan fingerprint density at radius 2 is 2.30 bits per heavy atom. The number of thioether (sulfide) groups is 1. The van der Waals surface area contributed by atoms with Gasteiger partial charge >= 0.3 is 0 Å². The lowest BCUT2D eigenvalue weighted by Gasteiger charge is -2.32. The molecule has 1 atom stereocenters. The van der Waals surface area contributed by atoms with Crippen LogP contribution in [0.1, 0.15) is 32.8 Å². The van der Waals surface area contributed by atoms with E-state index in [1.54, 1.807) is 0 Å². The van der Waals surface area contributed by atoms with Crippen molar-refractivity contribution in [1.82, 2.24) is 10.3 Å². The summed E-state index contributed by atoms with van der Waals surface area (Å²) in [6.45, 7) is 11.0. The van der Waals surface area contributed by atoms with E-state index >= 15 is 0 Å². The van der Waals surface area contributed by atoms with Gasteiger partial charge in [-0.1, -0.05) is 26.8 Å². The largest absolute Gasteiger partial charge is 0.355 e. The molecule has 1 saturated heterocycles. The van der Waals surface area contributed by atoms with E-state index in [1.807, 2.05) is 6.20 Å². The highest BCUT2D eigenvalue weighted by molar-refractivity contribution is 8.00. The van der Waals surface area contributed by atoms with Crippen LogP contribution in [0.3, 0.4) is 0 Å². The first kappa shape index (κ1) is 15.6. The maximum absolute atomic E-state index is 4.65. The number of pyridine rings is 1. The van der Waals surface area contributed by atoms with Crippen LogP contribution < -0.4 is 10.2 Å². The zero-order chi connectivity index (χ0) is 14.4. The highest BCUT2D eigenvalue weighted by Crippen LogP contribution is 2.24. The smallest absolute Gasteiger partial charge is 0.128 e. The first-order valence-corrected chi connectivity index (χ1v) is 8.76. The van der Waals surface area contributed by atoms with Crippen molar-refractivity contribution in [1.29, 1.82) is 0 Å². The minimum absolute atomic E-state index is 0.694. The van der Waals surface area contributed by atoms with Gasteiger partial charge in [0.1, 0.15) is 5.82 Å². The van der Waals surface area contributed by atoms with Crippen molar-refractivity contribution in [2.24, 2.45) is 5.92 Å². The Bertz CT molecular complexity index is 391. The average Bonchev–Trinajstić information content (AvgIpc) is 2.48. The van der Waals surface area contributed by atoms with Gasteiger partial charge < -0.3 is 10.2 Å². The van der Waals surface area contributed by atoms with Crippen LogP contribution in [0.5, 0.6) is 0 Å². The van der Waals surface area contributed by atoms with Crippen molar-refractivity contribution in [3.05, 3.63) is 23.9 Å². The van der Waals surface area contributed by atoms with Gasteiger partial charge in [0.25, 0.3) is 0 Å². The number of nitrogens with one attached hydrogen (secondary N) is 1. The molecule has 1 N–H and O–H groups in total. The molecule has 0 bridgehead atoms. The second-order valence-corrected chi connectivity index (χ2v) is 7.30. The summed E-state index contributed by atoms with van der Waals surface area (Å²) in [5, 5.41) is 4.22. The van der Waals surface area contributed by atoms with E-state index in [0.717, 1.165) is 37.2 Å². The standard InChI is InChI=1S/C16H27N3S/c1-4-15-12-19(7-8-20-15)16-6-5-14(11-18-16)10-17-9-13(2)3/h5-6,11,13,15,17H,4,7-10,12H2,1-3H3. The van der Waals surface area contributed by atoms with Gasteiger partial charge in [0.15, 0.2) is 0 Å². The molecule has 1 aromatic rings. The van der Waals surface area contributed by atoms with Gasteiger partial charge in [0, 0.05) is 36.8 Å². The quantitative estimate of drug-likeness (QED) is 0.872. The Morgan fingerprint density at radius 3 is 2.95 bits per heavy atom. The predicted molar refractivity (Wildman–Crippen MR) is 89.5 cm³/mol. The van der Waals surface area contributed by atoms with Crippen LogP contribution in [0.15, 0.2) is 18.3 Å². The van der Waals surface area contributed by atoms with Crippen molar-refractivity contribution in [2.45, 2.75) is 39.0 Å². The molecule has 2 rings (SSSR count). The molecule has 20 heavy (non-hydrogen) atoms. The monoisotopic (exact) mass is 293 g/mol. The molecular formula is C16H27N3S. The maximum atomic E-state index is 4.65. The molecule has 1 unspecified atom stereocenters. The molecule has 0 saturated carbocycles. The number of hydrogen-bond donors (Lipinski definition) is 1. The molecule has 0 amide bonds. The molecule has 1 aromatic heterocycles. The SMILES string of the molecule is CCC1CN(c2ccc(CNCC(C)C)cn2)CCS1. The normalized spacial score (nSPS) is 19.6. The van der Waals surface area contributed by atoms with E-state index in [4.69, 9.17) is 0 Å². The summed E-state index contributed by atoms with van der Waals surface area (Å²) in [5.74, 6) is 3.05. The third-order valence-corrected chi connectivity index (χ3v) is 4.98. The molecular weight excluding hydrogens is 266 g/mol. The van der Waals surface area contributed by atoms with Crippen molar-refractivity contribution in [3.8, 4) is 0 Å². The van der Waals surface area contributed by atoms with Crippen molar-refractivity contribution >= 4 is 17.6 Å². The molecule has 1 aliphatic rings. The van der Waals surface area contributed by atoms with Gasteiger partial charge in [-0.2, -0.15) is 11.8 Å². The fraction of sp³-hybridized carbons (Fsp3) is 0.688. The van der Waals surface area contributed by atoms with Crippen LogP contribution in [-0.2, 0) is 6.54 Å². The molecule has 112 valence electrons. The molecule has 1 fully saturated rings. The van der Waals surface area contributed by atoms with Crippen molar-refractivity contribution in [2.75, 3.05) is 30.3 Å². The summed E-state index contributed by atoms with van der Waals surface area (Å²) in [7, 11) is 0. The molecule has 2 heterocycles. The van der Waals surface area contributed by atoms with E-state index in [0.29, 0.717) is 5.92 Å². The zero-order valence-electron chi connectivity index (χ0n) is 12.9. The third-order valence-electron chi connectivity index (χ3n) is 3.61. The fourth-order valence-electron chi connectivity index (χ4n) is 2.39. The molecule has 4 heteroatoms. The van der Waals surface area contributed by atoms with Crippen LogP contribution in [0, 0.1) is 5.92 Å². The summed E-state index contributed by atoms with van der Waals surface area (Å²) >= 11 is 2.10. The van der Waals surface area contributed by atoms with Crippen LogP contribution in [0.4, 0.5) is 5.82 Å². The molecule has 0 radical (unpaired) electrons. The number of nitrogens with zero attached hydrogens (tertiary/aromatic N) is 2. The van der Waals surface area contributed by atoms with Gasteiger partial charge in [-0.05, 0) is 30.5 Å². The average molecular weight is 293 g/mol. The Balaban J connectivity index is 1.87. The van der Waals surface area contributed by atoms with E-state index in [9.17, 15) is 0 Å². The van der Waals surface area contributed by atoms with Gasteiger partial charge in [-0.15, -0.1) is 0 Å². The summed E-state index contributed by atoms with van der Waals surface area (Å²) in [5.41, 5.74) is 1.27. The van der Waals surface area contributed by atoms with E-state index in [2.05, 4.69) is 59.9 Å². The van der Waals surface area contributed by atoms with Crippen LogP contribution in [-0.4, -0.2) is 35.6 Å². The minimum atomic E-state index is 0.694. The molecule has 1 aliphatic heterocycles. The third kappa shape index (κ3) is 4.67. The molecule has 0 aromatic carbocycles. The van der Waals surface area contributed by atoms with Crippen LogP contribution in [0.25, 0.3) is 0 Å². The summed E-state index contributed by atoms with van der Waals surface area (Å²) in [6, 6.07) is 4.38. The molecule has 0 spiro atoms. The lowest BCUT2D eigenvalue weighted by molar-refractivity contribution is 0.552. The number of hydrogen-bond acceptors (Lipinski definition) is 4. The Morgan fingerprint density at radius 1 is 1.45 bits per heavy atom. The van der Waals surface area contributed by atoms with Crippen LogP contribution >= 0.6 is 11.8 Å². The highest BCUT2D eigenvalue weighted by Gasteiger charge is 2.19. The van der Waals surface area contributed by atoms with Gasteiger partial charge in [0.05, 0.1) is 0 Å². The zero-order valence-corrected chi connectivity index (χ0v) is 13.7. The van der Waals surface area contributed by atoms with Gasteiger partial charge in [-0.3, -0.25) is 0 Å². The second kappa shape index (κ2) is 7.89. The Labute approximate surface area is 127 Å². The Kier molecular flexibility index (Phi) is 6.17. The number of anilines is 1. The van der Waals surface area contributed by atoms with Crippen molar-refractivity contribution < 1.29 is 0 Å². The Hall–Kier alpha value is -0.740. The van der Waals surface area contributed by atoms with Gasteiger partial charge in [0.2, 0.25) is 0 Å². The second-order valence-electron chi connectivity index (χ2n) is 5.90. The van der Waals surface area contributed by atoms with E-state index in [1.165, 1.54) is 17.7 Å². The van der Waals surface area contributed by atoms with E-state index < -0.39 is 0 Å². The predicted octanol–water partition coefficient (Wildman–Crippen LogP) is 3.16. The van der Waals surface area contributed by atoms with E-state index in [-0.39, 0.29) is 0 Å². The molecule has 3 nitrogen and oxygen atoms in total. The minimum Gasteiger partial charge on any atom is -0.355 e. The first-order valence-electron chi connectivity index (χ1n) is 7.71. The lowest BCUT2D eigenvalue weighted by atomic mass is 10.2. The van der Waals surface area contributed by atoms with Gasteiger partial charge in [-0.25, -0.2) is 4.98 Å². The summed E-state index contributed by atoms with van der Waals surface area (Å²) in [6.07, 6.45) is 3.27. The number of aromatic nitrogens is 1. The van der Waals surface area contributed by atoms with Crippen LogP contribution in [0.2, 0.25) is 0 Å². The molecule has 0 aliphatic carbocycles. The van der Waals surface area contributed by atoms with Crippen molar-refractivity contribution in [3.63, 3.8) is 0 Å². The number of rotatable bonds is 6. The summed E-state index contributed by atoms with van der Waals surface area (Å²) < 4.78 is 0. The lowest BCUT2D eigenvalue weighted by Crippen LogP contribution is -2.38.